The minimum absolute atomic E-state index is 0.309. The third kappa shape index (κ3) is 2.60. The van der Waals surface area contributed by atoms with E-state index in [0.717, 1.165) is 10.6 Å². The van der Waals surface area contributed by atoms with Gasteiger partial charge < -0.3 is 4.74 Å². The highest BCUT2D eigenvalue weighted by Gasteiger charge is 2.13. The number of esters is 1. The number of methoxy groups -OCH3 is 1. The summed E-state index contributed by atoms with van der Waals surface area (Å²) in [7, 11) is 1.33. The summed E-state index contributed by atoms with van der Waals surface area (Å²) in [6, 6.07) is 7.39. The first-order chi connectivity index (χ1) is 8.61. The number of hydrogen-bond acceptors (Lipinski definition) is 4. The summed E-state index contributed by atoms with van der Waals surface area (Å²) >= 11 is 7.30. The van der Waals surface area contributed by atoms with Gasteiger partial charge in [0.1, 0.15) is 5.01 Å². The van der Waals surface area contributed by atoms with Gasteiger partial charge in [0.15, 0.2) is 0 Å². The molecule has 0 unspecified atom stereocenters. The molecule has 0 radical (unpaired) electrons. The van der Waals surface area contributed by atoms with Crippen molar-refractivity contribution in [3.05, 3.63) is 46.9 Å². The van der Waals surface area contributed by atoms with Crippen LogP contribution >= 0.6 is 22.9 Å². The average Bonchev–Trinajstić information content (AvgIpc) is 2.86. The summed E-state index contributed by atoms with van der Waals surface area (Å²) in [4.78, 5) is 16.3. The molecular weight excluding hydrogens is 270 g/mol. The molecule has 3 nitrogen and oxygen atoms in total. The monoisotopic (exact) mass is 279 g/mol. The molecule has 0 aliphatic carbocycles. The van der Waals surface area contributed by atoms with Crippen molar-refractivity contribution in [3.63, 3.8) is 0 Å². The zero-order chi connectivity index (χ0) is 13.1. The molecule has 0 aliphatic rings. The first-order valence-electron chi connectivity index (χ1n) is 5.11. The van der Waals surface area contributed by atoms with Gasteiger partial charge in [-0.3, -0.25) is 0 Å². The van der Waals surface area contributed by atoms with Gasteiger partial charge in [0.25, 0.3) is 0 Å². The van der Waals surface area contributed by atoms with Crippen molar-refractivity contribution < 1.29 is 9.53 Å². The van der Waals surface area contributed by atoms with Gasteiger partial charge in [0, 0.05) is 16.8 Å². The molecule has 0 saturated carbocycles. The summed E-state index contributed by atoms with van der Waals surface area (Å²) in [5, 5.41) is 1.44. The highest BCUT2D eigenvalue weighted by Crippen LogP contribution is 2.30. The van der Waals surface area contributed by atoms with Gasteiger partial charge in [-0.2, -0.15) is 0 Å². The number of thiazole rings is 1. The Morgan fingerprint density at radius 1 is 1.50 bits per heavy atom. The topological polar surface area (TPSA) is 39.2 Å². The van der Waals surface area contributed by atoms with E-state index in [9.17, 15) is 4.79 Å². The van der Waals surface area contributed by atoms with Crippen LogP contribution in [0.3, 0.4) is 0 Å². The van der Waals surface area contributed by atoms with Gasteiger partial charge in [-0.05, 0) is 12.1 Å². The van der Waals surface area contributed by atoms with Gasteiger partial charge in [-0.15, -0.1) is 11.3 Å². The van der Waals surface area contributed by atoms with E-state index in [0.29, 0.717) is 15.5 Å². The summed E-state index contributed by atoms with van der Waals surface area (Å²) in [5.41, 5.74) is 1.22. The Kier molecular flexibility index (Phi) is 3.79. The van der Waals surface area contributed by atoms with E-state index in [1.165, 1.54) is 18.4 Å². The Labute approximate surface area is 114 Å². The number of rotatable bonds is 3. The number of hydrogen-bond donors (Lipinski definition) is 0. The van der Waals surface area contributed by atoms with Crippen molar-refractivity contribution in [3.8, 4) is 10.6 Å². The van der Waals surface area contributed by atoms with Crippen molar-refractivity contribution in [2.75, 3.05) is 7.11 Å². The Bertz CT molecular complexity index is 607. The number of benzene rings is 1. The van der Waals surface area contributed by atoms with Crippen LogP contribution in [-0.2, 0) is 9.53 Å². The van der Waals surface area contributed by atoms with Crippen LogP contribution in [0.5, 0.6) is 0 Å². The van der Waals surface area contributed by atoms with Gasteiger partial charge in [0.05, 0.1) is 17.6 Å². The predicted octanol–water partition coefficient (Wildman–Crippen LogP) is 3.65. The van der Waals surface area contributed by atoms with Crippen molar-refractivity contribution in [1.82, 2.24) is 4.98 Å². The van der Waals surface area contributed by atoms with Gasteiger partial charge in [-0.1, -0.05) is 30.3 Å². The zero-order valence-electron chi connectivity index (χ0n) is 9.64. The molecule has 92 valence electrons. The van der Waals surface area contributed by atoms with E-state index >= 15 is 0 Å². The number of carbonyl (C=O) groups is 1. The largest absolute Gasteiger partial charge is 0.465 e. The Balaban J connectivity index is 2.31. The lowest BCUT2D eigenvalue weighted by molar-refractivity contribution is -0.133. The number of halogens is 1. The van der Waals surface area contributed by atoms with Crippen LogP contribution in [0.25, 0.3) is 16.1 Å². The molecule has 0 saturated heterocycles. The normalized spacial score (nSPS) is 10.1. The molecule has 0 aliphatic heterocycles. The van der Waals surface area contributed by atoms with Crippen molar-refractivity contribution in [2.45, 2.75) is 0 Å². The minimum Gasteiger partial charge on any atom is -0.465 e. The van der Waals surface area contributed by atoms with Gasteiger partial charge in [-0.25, -0.2) is 9.78 Å². The van der Waals surface area contributed by atoms with Crippen LogP contribution in [0, 0.1) is 0 Å². The fraction of sp³-hybridized carbons (Fsp3) is 0.0769. The van der Waals surface area contributed by atoms with Crippen molar-refractivity contribution >= 4 is 34.5 Å². The summed E-state index contributed by atoms with van der Waals surface area (Å²) < 4.78 is 4.62. The maximum atomic E-state index is 11.3. The van der Waals surface area contributed by atoms with Crippen molar-refractivity contribution in [2.24, 2.45) is 0 Å². The van der Waals surface area contributed by atoms with E-state index in [-0.39, 0.29) is 0 Å². The van der Waals surface area contributed by atoms with Crippen LogP contribution in [-0.4, -0.2) is 18.1 Å². The van der Waals surface area contributed by atoms with E-state index in [1.54, 1.807) is 12.3 Å². The lowest BCUT2D eigenvalue weighted by Crippen LogP contribution is -2.00. The Morgan fingerprint density at radius 2 is 2.28 bits per heavy atom. The number of ether oxygens (including phenoxy) is 1. The van der Waals surface area contributed by atoms with E-state index in [4.69, 9.17) is 11.6 Å². The summed E-state index contributed by atoms with van der Waals surface area (Å²) in [6.07, 6.45) is 1.61. The van der Waals surface area contributed by atoms with E-state index < -0.39 is 5.97 Å². The molecule has 0 bridgehead atoms. The number of aromatic nitrogens is 1. The molecule has 1 heterocycles. The van der Waals surface area contributed by atoms with Crippen molar-refractivity contribution in [1.29, 1.82) is 0 Å². The molecule has 0 N–H and O–H groups in total. The smallest absolute Gasteiger partial charge is 0.338 e. The van der Waals surface area contributed by atoms with Crippen LogP contribution in [0.1, 0.15) is 4.88 Å². The maximum absolute atomic E-state index is 11.3. The lowest BCUT2D eigenvalue weighted by Gasteiger charge is -1.98. The van der Waals surface area contributed by atoms with Gasteiger partial charge in [0.2, 0.25) is 0 Å². The fourth-order valence-corrected chi connectivity index (χ4v) is 2.45. The second-order valence-corrected chi connectivity index (χ2v) is 4.98. The highest BCUT2D eigenvalue weighted by atomic mass is 35.5. The lowest BCUT2D eigenvalue weighted by atomic mass is 10.2. The first-order valence-corrected chi connectivity index (χ1v) is 6.30. The molecule has 1 aromatic carbocycles. The second-order valence-electron chi connectivity index (χ2n) is 3.51. The first kappa shape index (κ1) is 12.8. The second kappa shape index (κ2) is 5.33. The molecule has 2 rings (SSSR count). The van der Waals surface area contributed by atoms with Crippen LogP contribution in [0.4, 0.5) is 0 Å². The molecule has 0 atom stereocenters. The Hall–Kier alpha value is -1.65. The van der Waals surface area contributed by atoms with E-state index in [2.05, 4.69) is 16.3 Å². The third-order valence-corrected chi connectivity index (χ3v) is 3.65. The summed E-state index contributed by atoms with van der Waals surface area (Å²) in [6.45, 7) is 3.69. The molecule has 0 spiro atoms. The minimum atomic E-state index is -0.448. The number of nitrogens with zero attached hydrogens (tertiary/aromatic N) is 1. The zero-order valence-corrected chi connectivity index (χ0v) is 11.2. The third-order valence-electron chi connectivity index (χ3n) is 2.31. The maximum Gasteiger partial charge on any atom is 0.338 e. The fourth-order valence-electron chi connectivity index (χ4n) is 1.39. The molecule has 5 heteroatoms. The van der Waals surface area contributed by atoms with Crippen LogP contribution in [0.15, 0.2) is 37.0 Å². The Morgan fingerprint density at radius 3 is 2.94 bits per heavy atom. The van der Waals surface area contributed by atoms with Gasteiger partial charge >= 0.3 is 5.97 Å². The quantitative estimate of drug-likeness (QED) is 0.636. The van der Waals surface area contributed by atoms with Crippen LogP contribution in [0.2, 0.25) is 5.02 Å². The molecule has 2 aromatic rings. The number of carbonyl (C=O) groups excluding carboxylic acids is 1. The summed E-state index contributed by atoms with van der Waals surface area (Å²) in [5.74, 6) is -0.448. The highest BCUT2D eigenvalue weighted by molar-refractivity contribution is 7.16. The molecule has 1 aromatic heterocycles. The van der Waals surface area contributed by atoms with Crippen LogP contribution < -0.4 is 0 Å². The molecule has 18 heavy (non-hydrogen) atoms. The molecule has 0 amide bonds. The standard InChI is InChI=1S/C13H10ClNO2S/c1-8(13(16)17-2)11-7-15-12(18-11)9-4-3-5-10(14)6-9/h3-7H,1H2,2H3. The average molecular weight is 280 g/mol. The predicted molar refractivity (Wildman–Crippen MR) is 73.6 cm³/mol. The van der Waals surface area contributed by atoms with E-state index in [1.807, 2.05) is 18.2 Å². The molecular formula is C13H10ClNO2S. The SMILES string of the molecule is C=C(C(=O)OC)c1cnc(-c2cccc(Cl)c2)s1. The molecule has 0 fully saturated rings.